The van der Waals surface area contributed by atoms with Gasteiger partial charge in [0.15, 0.2) is 5.76 Å². The molecule has 1 saturated heterocycles. The Bertz CT molecular complexity index is 380. The molecule has 1 N–H and O–H groups in total. The van der Waals surface area contributed by atoms with Crippen molar-refractivity contribution in [2.75, 3.05) is 27.2 Å². The minimum absolute atomic E-state index is 0.0218. The molecule has 0 spiro atoms. The lowest BCUT2D eigenvalue weighted by molar-refractivity contribution is -0.0541. The van der Waals surface area contributed by atoms with Crippen LogP contribution < -0.4 is 5.32 Å². The molecule has 1 aromatic heterocycles. The number of piperidine rings is 1. The van der Waals surface area contributed by atoms with Crippen LogP contribution in [0.15, 0.2) is 10.6 Å². The Kier molecular flexibility index (Phi) is 4.37. The van der Waals surface area contributed by atoms with E-state index in [1.165, 1.54) is 6.42 Å². The van der Waals surface area contributed by atoms with Crippen LogP contribution in [0.4, 0.5) is 0 Å². The third-order valence-electron chi connectivity index (χ3n) is 3.58. The van der Waals surface area contributed by atoms with Gasteiger partial charge in [-0.3, -0.25) is 4.90 Å². The van der Waals surface area contributed by atoms with Gasteiger partial charge in [0.25, 0.3) is 0 Å². The van der Waals surface area contributed by atoms with Crippen molar-refractivity contribution in [2.24, 2.45) is 0 Å². The monoisotopic (exact) mass is 253 g/mol. The third-order valence-corrected chi connectivity index (χ3v) is 3.58. The molecule has 0 aliphatic carbocycles. The molecular weight excluding hydrogens is 230 g/mol. The van der Waals surface area contributed by atoms with Crippen LogP contribution in [0.25, 0.3) is 0 Å². The molecule has 1 atom stereocenters. The number of methoxy groups -OCH3 is 1. The van der Waals surface area contributed by atoms with Gasteiger partial charge in [0.2, 0.25) is 0 Å². The summed E-state index contributed by atoms with van der Waals surface area (Å²) in [6.07, 6.45) is 2.29. The van der Waals surface area contributed by atoms with Crippen molar-refractivity contribution >= 4 is 0 Å². The molecule has 0 amide bonds. The van der Waals surface area contributed by atoms with Gasteiger partial charge in [-0.1, -0.05) is 5.16 Å². The quantitative estimate of drug-likeness (QED) is 0.859. The molecule has 2 rings (SSSR count). The van der Waals surface area contributed by atoms with E-state index < -0.39 is 0 Å². The van der Waals surface area contributed by atoms with Crippen molar-refractivity contribution in [2.45, 2.75) is 38.5 Å². The molecule has 5 heteroatoms. The smallest absolute Gasteiger partial charge is 0.151 e. The number of likely N-dealkylation sites (tertiary alicyclic amines) is 1. The number of nitrogens with one attached hydrogen (secondary N) is 1. The molecule has 0 aromatic carbocycles. The van der Waals surface area contributed by atoms with Crippen LogP contribution in [0, 0.1) is 0 Å². The summed E-state index contributed by atoms with van der Waals surface area (Å²) in [5, 5.41) is 7.10. The first-order valence-corrected chi connectivity index (χ1v) is 6.52. The van der Waals surface area contributed by atoms with Gasteiger partial charge in [0.05, 0.1) is 17.8 Å². The molecule has 1 fully saturated rings. The zero-order chi connectivity index (χ0) is 13.0. The maximum atomic E-state index is 5.59. The maximum absolute atomic E-state index is 5.59. The first-order chi connectivity index (χ1) is 8.65. The van der Waals surface area contributed by atoms with Crippen LogP contribution in [0.1, 0.15) is 31.2 Å². The second-order valence-electron chi connectivity index (χ2n) is 5.28. The number of nitrogens with zero attached hydrogens (tertiary/aromatic N) is 2. The summed E-state index contributed by atoms with van der Waals surface area (Å²) in [7, 11) is 3.70. The highest BCUT2D eigenvalue weighted by molar-refractivity contribution is 5.05. The predicted molar refractivity (Wildman–Crippen MR) is 69.2 cm³/mol. The van der Waals surface area contributed by atoms with Gasteiger partial charge in [-0.2, -0.15) is 0 Å². The molecule has 1 aliphatic rings. The van der Waals surface area contributed by atoms with Gasteiger partial charge in [-0.05, 0) is 33.4 Å². The SMILES string of the molecule is CNCc1cc(CN2CCCC(C)(OC)C2)on1. The molecule has 1 aromatic rings. The van der Waals surface area contributed by atoms with Crippen molar-refractivity contribution in [3.63, 3.8) is 0 Å². The fourth-order valence-electron chi connectivity index (χ4n) is 2.52. The highest BCUT2D eigenvalue weighted by atomic mass is 16.5. The topological polar surface area (TPSA) is 50.5 Å². The second-order valence-corrected chi connectivity index (χ2v) is 5.28. The van der Waals surface area contributed by atoms with Crippen LogP contribution >= 0.6 is 0 Å². The van der Waals surface area contributed by atoms with E-state index in [0.717, 1.165) is 44.1 Å². The Morgan fingerprint density at radius 2 is 2.44 bits per heavy atom. The largest absolute Gasteiger partial charge is 0.377 e. The van der Waals surface area contributed by atoms with Gasteiger partial charge >= 0.3 is 0 Å². The fraction of sp³-hybridized carbons (Fsp3) is 0.769. The van der Waals surface area contributed by atoms with E-state index in [9.17, 15) is 0 Å². The Balaban J connectivity index is 1.92. The predicted octanol–water partition coefficient (Wildman–Crippen LogP) is 1.39. The van der Waals surface area contributed by atoms with Crippen molar-refractivity contribution in [3.05, 3.63) is 17.5 Å². The van der Waals surface area contributed by atoms with Crippen molar-refractivity contribution in [1.82, 2.24) is 15.4 Å². The average molecular weight is 253 g/mol. The fourth-order valence-corrected chi connectivity index (χ4v) is 2.52. The van der Waals surface area contributed by atoms with E-state index in [2.05, 4.69) is 22.3 Å². The van der Waals surface area contributed by atoms with E-state index in [0.29, 0.717) is 0 Å². The van der Waals surface area contributed by atoms with E-state index in [4.69, 9.17) is 9.26 Å². The Morgan fingerprint density at radius 1 is 1.61 bits per heavy atom. The van der Waals surface area contributed by atoms with Gasteiger partial charge in [-0.15, -0.1) is 0 Å². The lowest BCUT2D eigenvalue weighted by Crippen LogP contribution is -2.46. The zero-order valence-electron chi connectivity index (χ0n) is 11.5. The zero-order valence-corrected chi connectivity index (χ0v) is 11.5. The summed E-state index contributed by atoms with van der Waals surface area (Å²) in [5.41, 5.74) is 0.936. The molecule has 1 aliphatic heterocycles. The van der Waals surface area contributed by atoms with Crippen molar-refractivity contribution < 1.29 is 9.26 Å². The first kappa shape index (κ1) is 13.5. The maximum Gasteiger partial charge on any atom is 0.151 e. The molecule has 0 bridgehead atoms. The number of hydrogen-bond donors (Lipinski definition) is 1. The number of rotatable bonds is 5. The highest BCUT2D eigenvalue weighted by Gasteiger charge is 2.31. The standard InChI is InChI=1S/C13H23N3O2/c1-13(17-3)5-4-6-16(10-13)9-12-7-11(8-14-2)15-18-12/h7,14H,4-6,8-10H2,1-3H3. The first-order valence-electron chi connectivity index (χ1n) is 6.52. The summed E-state index contributed by atoms with van der Waals surface area (Å²) < 4.78 is 10.9. The third kappa shape index (κ3) is 3.31. The van der Waals surface area contributed by atoms with Gasteiger partial charge in [0.1, 0.15) is 0 Å². The Morgan fingerprint density at radius 3 is 3.17 bits per heavy atom. The molecule has 2 heterocycles. The Hall–Kier alpha value is -0.910. The number of hydrogen-bond acceptors (Lipinski definition) is 5. The summed E-state index contributed by atoms with van der Waals surface area (Å²) in [5.74, 6) is 0.931. The van der Waals surface area contributed by atoms with E-state index >= 15 is 0 Å². The van der Waals surface area contributed by atoms with Crippen LogP contribution in [0.3, 0.4) is 0 Å². The second kappa shape index (κ2) is 5.82. The molecule has 0 saturated carbocycles. The average Bonchev–Trinajstić information content (AvgIpc) is 2.77. The normalized spacial score (nSPS) is 25.5. The molecular formula is C13H23N3O2. The van der Waals surface area contributed by atoms with Crippen LogP contribution in [0.5, 0.6) is 0 Å². The lowest BCUT2D eigenvalue weighted by Gasteiger charge is -2.39. The molecule has 18 heavy (non-hydrogen) atoms. The minimum Gasteiger partial charge on any atom is -0.377 e. The summed E-state index contributed by atoms with van der Waals surface area (Å²) in [6, 6.07) is 2.02. The summed E-state index contributed by atoms with van der Waals surface area (Å²) >= 11 is 0. The van der Waals surface area contributed by atoms with Crippen LogP contribution in [0.2, 0.25) is 0 Å². The minimum atomic E-state index is -0.0218. The van der Waals surface area contributed by atoms with Crippen LogP contribution in [-0.2, 0) is 17.8 Å². The van der Waals surface area contributed by atoms with Gasteiger partial charge in [-0.25, -0.2) is 0 Å². The Labute approximate surface area is 108 Å². The van der Waals surface area contributed by atoms with Gasteiger partial charge in [0, 0.05) is 26.3 Å². The van der Waals surface area contributed by atoms with Gasteiger partial charge < -0.3 is 14.6 Å². The van der Waals surface area contributed by atoms with E-state index in [1.54, 1.807) is 7.11 Å². The highest BCUT2D eigenvalue weighted by Crippen LogP contribution is 2.25. The number of aromatic nitrogens is 1. The van der Waals surface area contributed by atoms with Crippen molar-refractivity contribution in [1.29, 1.82) is 0 Å². The van der Waals surface area contributed by atoms with E-state index in [-0.39, 0.29) is 5.60 Å². The summed E-state index contributed by atoms with van der Waals surface area (Å²) in [4.78, 5) is 2.37. The molecule has 0 radical (unpaired) electrons. The number of ether oxygens (including phenoxy) is 1. The molecule has 1 unspecified atom stereocenters. The summed E-state index contributed by atoms with van der Waals surface area (Å²) in [6.45, 7) is 5.79. The molecule has 5 nitrogen and oxygen atoms in total. The molecule has 102 valence electrons. The van der Waals surface area contributed by atoms with Crippen molar-refractivity contribution in [3.8, 4) is 0 Å². The lowest BCUT2D eigenvalue weighted by atomic mass is 9.95. The van der Waals surface area contributed by atoms with Crippen LogP contribution in [-0.4, -0.2) is 42.9 Å². The van der Waals surface area contributed by atoms with E-state index in [1.807, 2.05) is 13.1 Å².